The fourth-order valence-electron chi connectivity index (χ4n) is 1.99. The molecule has 0 aliphatic carbocycles. The lowest BCUT2D eigenvalue weighted by atomic mass is 10.2. The molecule has 0 bridgehead atoms. The van der Waals surface area contributed by atoms with E-state index in [-0.39, 0.29) is 6.61 Å². The van der Waals surface area contributed by atoms with Gasteiger partial charge in [-0.15, -0.1) is 10.2 Å². The highest BCUT2D eigenvalue weighted by Crippen LogP contribution is 2.27. The van der Waals surface area contributed by atoms with Crippen molar-refractivity contribution in [2.75, 3.05) is 32.2 Å². The SMILES string of the molecule is COCC(O)CN(C)c1nnc(Cl)c2ccccc12. The van der Waals surface area contributed by atoms with Crippen LogP contribution in [0.2, 0.25) is 5.15 Å². The molecule has 5 nitrogen and oxygen atoms in total. The summed E-state index contributed by atoms with van der Waals surface area (Å²) in [5, 5.41) is 20.0. The summed E-state index contributed by atoms with van der Waals surface area (Å²) in [6, 6.07) is 7.66. The van der Waals surface area contributed by atoms with Crippen molar-refractivity contribution in [3.8, 4) is 0 Å². The number of hydrogen-bond acceptors (Lipinski definition) is 5. The first-order valence-corrected chi connectivity index (χ1v) is 6.30. The van der Waals surface area contributed by atoms with Gasteiger partial charge in [0.2, 0.25) is 0 Å². The number of benzene rings is 1. The first-order chi connectivity index (χ1) is 9.13. The molecule has 19 heavy (non-hydrogen) atoms. The van der Waals surface area contributed by atoms with Gasteiger partial charge in [-0.3, -0.25) is 0 Å². The van der Waals surface area contributed by atoms with Crippen LogP contribution >= 0.6 is 11.6 Å². The second-order valence-electron chi connectivity index (χ2n) is 4.35. The number of ether oxygens (including phenoxy) is 1. The van der Waals surface area contributed by atoms with Gasteiger partial charge in [-0.2, -0.15) is 0 Å². The number of nitrogens with zero attached hydrogens (tertiary/aromatic N) is 3. The van der Waals surface area contributed by atoms with Crippen LogP contribution in [0.15, 0.2) is 24.3 Å². The summed E-state index contributed by atoms with van der Waals surface area (Å²) in [7, 11) is 3.41. The van der Waals surface area contributed by atoms with Crippen LogP contribution in [-0.4, -0.2) is 48.7 Å². The maximum atomic E-state index is 9.77. The van der Waals surface area contributed by atoms with E-state index in [9.17, 15) is 5.11 Å². The molecule has 0 saturated carbocycles. The van der Waals surface area contributed by atoms with E-state index in [4.69, 9.17) is 16.3 Å². The lowest BCUT2D eigenvalue weighted by Crippen LogP contribution is -2.32. The molecule has 1 heterocycles. The van der Waals surface area contributed by atoms with Crippen LogP contribution in [0.25, 0.3) is 10.8 Å². The molecule has 1 unspecified atom stereocenters. The average Bonchev–Trinajstić information content (AvgIpc) is 2.39. The lowest BCUT2D eigenvalue weighted by molar-refractivity contribution is 0.0694. The van der Waals surface area contributed by atoms with Gasteiger partial charge in [0, 0.05) is 31.5 Å². The monoisotopic (exact) mass is 281 g/mol. The van der Waals surface area contributed by atoms with Crippen molar-refractivity contribution in [3.05, 3.63) is 29.4 Å². The van der Waals surface area contributed by atoms with E-state index in [1.54, 1.807) is 7.11 Å². The largest absolute Gasteiger partial charge is 0.389 e. The Kier molecular flexibility index (Phi) is 4.52. The zero-order valence-corrected chi connectivity index (χ0v) is 11.6. The van der Waals surface area contributed by atoms with Crippen LogP contribution in [0.5, 0.6) is 0 Å². The molecule has 0 radical (unpaired) electrons. The zero-order valence-electron chi connectivity index (χ0n) is 10.9. The maximum Gasteiger partial charge on any atom is 0.159 e. The van der Waals surface area contributed by atoms with Crippen molar-refractivity contribution in [2.45, 2.75) is 6.10 Å². The number of methoxy groups -OCH3 is 1. The van der Waals surface area contributed by atoms with Crippen molar-refractivity contribution in [1.29, 1.82) is 0 Å². The number of rotatable bonds is 5. The van der Waals surface area contributed by atoms with Gasteiger partial charge < -0.3 is 14.7 Å². The van der Waals surface area contributed by atoms with Crippen LogP contribution in [-0.2, 0) is 4.74 Å². The second kappa shape index (κ2) is 6.14. The van der Waals surface area contributed by atoms with E-state index in [2.05, 4.69) is 10.2 Å². The number of fused-ring (bicyclic) bond motifs is 1. The molecule has 0 fully saturated rings. The van der Waals surface area contributed by atoms with Crippen LogP contribution < -0.4 is 4.90 Å². The molecule has 0 aliphatic rings. The molecule has 6 heteroatoms. The number of aliphatic hydroxyl groups excluding tert-OH is 1. The fourth-order valence-corrected chi connectivity index (χ4v) is 2.19. The van der Waals surface area contributed by atoms with E-state index >= 15 is 0 Å². The Morgan fingerprint density at radius 3 is 2.68 bits per heavy atom. The zero-order chi connectivity index (χ0) is 13.8. The molecule has 0 amide bonds. The van der Waals surface area contributed by atoms with Crippen molar-refractivity contribution < 1.29 is 9.84 Å². The first-order valence-electron chi connectivity index (χ1n) is 5.92. The Balaban J connectivity index is 2.32. The van der Waals surface area contributed by atoms with Crippen LogP contribution in [0.3, 0.4) is 0 Å². The first kappa shape index (κ1) is 14.0. The molecular weight excluding hydrogens is 266 g/mol. The van der Waals surface area contributed by atoms with Crippen LogP contribution in [0, 0.1) is 0 Å². The minimum Gasteiger partial charge on any atom is -0.389 e. The van der Waals surface area contributed by atoms with E-state index in [0.29, 0.717) is 17.5 Å². The Morgan fingerprint density at radius 1 is 1.32 bits per heavy atom. The minimum atomic E-state index is -0.578. The molecule has 0 saturated heterocycles. The molecule has 1 N–H and O–H groups in total. The molecule has 102 valence electrons. The Hall–Kier alpha value is -1.43. The minimum absolute atomic E-state index is 0.281. The summed E-state index contributed by atoms with van der Waals surface area (Å²) in [5.74, 6) is 0.690. The molecular formula is C13H16ClN3O2. The van der Waals surface area contributed by atoms with E-state index < -0.39 is 6.10 Å². The maximum absolute atomic E-state index is 9.77. The number of hydrogen-bond donors (Lipinski definition) is 1. The third-order valence-corrected chi connectivity index (χ3v) is 3.11. The van der Waals surface area contributed by atoms with Gasteiger partial charge in [0.05, 0.1) is 12.7 Å². The summed E-state index contributed by atoms with van der Waals surface area (Å²) in [5.41, 5.74) is 0. The Labute approximate surface area is 116 Å². The number of anilines is 1. The van der Waals surface area contributed by atoms with Gasteiger partial charge in [0.15, 0.2) is 11.0 Å². The van der Waals surface area contributed by atoms with Crippen molar-refractivity contribution >= 4 is 28.2 Å². The van der Waals surface area contributed by atoms with Crippen molar-refractivity contribution in [1.82, 2.24) is 10.2 Å². The van der Waals surface area contributed by atoms with Gasteiger partial charge in [-0.25, -0.2) is 0 Å². The van der Waals surface area contributed by atoms with Gasteiger partial charge in [-0.05, 0) is 0 Å². The number of aromatic nitrogens is 2. The lowest BCUT2D eigenvalue weighted by Gasteiger charge is -2.22. The molecule has 1 aromatic carbocycles. The topological polar surface area (TPSA) is 58.5 Å². The molecule has 2 rings (SSSR count). The van der Waals surface area contributed by atoms with E-state index in [0.717, 1.165) is 10.8 Å². The smallest absolute Gasteiger partial charge is 0.159 e. The third kappa shape index (κ3) is 3.12. The van der Waals surface area contributed by atoms with Gasteiger partial charge in [0.25, 0.3) is 0 Å². The van der Waals surface area contributed by atoms with Crippen LogP contribution in [0.1, 0.15) is 0 Å². The summed E-state index contributed by atoms with van der Waals surface area (Å²) >= 11 is 6.03. The van der Waals surface area contributed by atoms with Crippen LogP contribution in [0.4, 0.5) is 5.82 Å². The van der Waals surface area contributed by atoms with E-state index in [1.807, 2.05) is 36.2 Å². The highest BCUT2D eigenvalue weighted by molar-refractivity contribution is 6.34. The quantitative estimate of drug-likeness (QED) is 0.904. The number of likely N-dealkylation sites (N-methyl/N-ethyl adjacent to an activating group) is 1. The Bertz CT molecular complexity index is 565. The average molecular weight is 282 g/mol. The number of aliphatic hydroxyl groups is 1. The summed E-state index contributed by atoms with van der Waals surface area (Å²) in [6.45, 7) is 0.692. The predicted octanol–water partition coefficient (Wildman–Crippen LogP) is 1.73. The molecule has 0 aliphatic heterocycles. The predicted molar refractivity (Wildman–Crippen MR) is 75.7 cm³/mol. The van der Waals surface area contributed by atoms with Gasteiger partial charge >= 0.3 is 0 Å². The summed E-state index contributed by atoms with van der Waals surface area (Å²) in [4.78, 5) is 1.84. The highest BCUT2D eigenvalue weighted by Gasteiger charge is 2.14. The fraction of sp³-hybridized carbons (Fsp3) is 0.385. The normalized spacial score (nSPS) is 12.6. The summed E-state index contributed by atoms with van der Waals surface area (Å²) in [6.07, 6.45) is -0.578. The molecule has 1 aromatic heterocycles. The van der Waals surface area contributed by atoms with Crippen molar-refractivity contribution in [3.63, 3.8) is 0 Å². The van der Waals surface area contributed by atoms with E-state index in [1.165, 1.54) is 0 Å². The summed E-state index contributed by atoms with van der Waals surface area (Å²) < 4.78 is 4.91. The third-order valence-electron chi connectivity index (χ3n) is 2.83. The molecule has 0 spiro atoms. The second-order valence-corrected chi connectivity index (χ2v) is 4.71. The highest BCUT2D eigenvalue weighted by atomic mass is 35.5. The molecule has 1 atom stereocenters. The van der Waals surface area contributed by atoms with Gasteiger partial charge in [0.1, 0.15) is 0 Å². The standard InChI is InChI=1S/C13H16ClN3O2/c1-17(7-9(18)8-19-2)13-11-6-4-3-5-10(11)12(14)15-16-13/h3-6,9,18H,7-8H2,1-2H3. The van der Waals surface area contributed by atoms with Gasteiger partial charge in [-0.1, -0.05) is 35.9 Å². The van der Waals surface area contributed by atoms with Crippen molar-refractivity contribution in [2.24, 2.45) is 0 Å². The Morgan fingerprint density at radius 2 is 2.00 bits per heavy atom. The molecule has 2 aromatic rings. The number of halogens is 1.